The molecule has 0 aliphatic rings. The van der Waals surface area contributed by atoms with Crippen molar-refractivity contribution in [3.63, 3.8) is 0 Å². The van der Waals surface area contributed by atoms with Crippen molar-refractivity contribution in [2.75, 3.05) is 5.32 Å². The monoisotopic (exact) mass is 307 g/mol. The summed E-state index contributed by atoms with van der Waals surface area (Å²) in [5, 5.41) is 6.50. The molecule has 0 radical (unpaired) electrons. The van der Waals surface area contributed by atoms with Crippen LogP contribution in [0.1, 0.15) is 0 Å². The van der Waals surface area contributed by atoms with E-state index in [-0.39, 0.29) is 18.0 Å². The molecule has 1 aromatic heterocycles. The number of amides is 1. The van der Waals surface area contributed by atoms with Gasteiger partial charge in [0.15, 0.2) is 0 Å². The van der Waals surface area contributed by atoms with E-state index >= 15 is 0 Å². The maximum atomic E-state index is 11.7. The van der Waals surface area contributed by atoms with Crippen molar-refractivity contribution in [1.82, 2.24) is 9.78 Å². The first-order chi connectivity index (χ1) is 8.65. The Balaban J connectivity index is 2.06. The molecule has 0 spiro atoms. The van der Waals surface area contributed by atoms with E-state index < -0.39 is 0 Å². The average Bonchev–Trinajstić information content (AvgIpc) is 2.32. The van der Waals surface area contributed by atoms with E-state index in [0.29, 0.717) is 5.69 Å². The van der Waals surface area contributed by atoms with Gasteiger partial charge in [0.2, 0.25) is 5.91 Å². The van der Waals surface area contributed by atoms with Gasteiger partial charge in [0.05, 0.1) is 0 Å². The normalized spacial score (nSPS) is 10.1. The number of hydrogen-bond donors (Lipinski definition) is 1. The van der Waals surface area contributed by atoms with Crippen LogP contribution < -0.4 is 10.9 Å². The number of nitrogens with zero attached hydrogens (tertiary/aromatic N) is 2. The molecule has 2 rings (SSSR count). The number of anilines is 1. The smallest absolute Gasteiger partial charge is 0.267 e. The van der Waals surface area contributed by atoms with Gasteiger partial charge < -0.3 is 5.32 Å². The highest BCUT2D eigenvalue weighted by molar-refractivity contribution is 9.10. The summed E-state index contributed by atoms with van der Waals surface area (Å²) in [6.45, 7) is -0.105. The standard InChI is InChI=1S/C12H10BrN3O2/c13-9-3-1-4-10(7-9)15-11(17)8-16-12(18)5-2-6-14-16/h1-7H,8H2,(H,15,17). The molecule has 0 saturated carbocycles. The third kappa shape index (κ3) is 3.27. The minimum Gasteiger partial charge on any atom is -0.324 e. The first-order valence-electron chi connectivity index (χ1n) is 5.23. The Hall–Kier alpha value is -1.95. The summed E-state index contributed by atoms with van der Waals surface area (Å²) in [4.78, 5) is 23.1. The van der Waals surface area contributed by atoms with Crippen LogP contribution in [0.2, 0.25) is 0 Å². The van der Waals surface area contributed by atoms with Crippen LogP contribution in [0.25, 0.3) is 0 Å². The highest BCUT2D eigenvalue weighted by atomic mass is 79.9. The Kier molecular flexibility index (Phi) is 3.88. The molecule has 0 unspecified atom stereocenters. The molecule has 6 heteroatoms. The number of hydrogen-bond acceptors (Lipinski definition) is 3. The fourth-order valence-corrected chi connectivity index (χ4v) is 1.81. The van der Waals surface area contributed by atoms with Crippen LogP contribution >= 0.6 is 15.9 Å². The Bertz CT molecular complexity index is 624. The van der Waals surface area contributed by atoms with E-state index in [0.717, 1.165) is 9.15 Å². The molecule has 0 bridgehead atoms. The zero-order valence-electron chi connectivity index (χ0n) is 9.34. The van der Waals surface area contributed by atoms with Crippen molar-refractivity contribution < 1.29 is 4.79 Å². The first kappa shape index (κ1) is 12.5. The van der Waals surface area contributed by atoms with Crippen LogP contribution in [0.15, 0.2) is 51.9 Å². The molecule has 1 amide bonds. The van der Waals surface area contributed by atoms with Gasteiger partial charge in [0.1, 0.15) is 6.54 Å². The molecule has 18 heavy (non-hydrogen) atoms. The van der Waals surface area contributed by atoms with Gasteiger partial charge in [-0.3, -0.25) is 9.59 Å². The van der Waals surface area contributed by atoms with Gasteiger partial charge in [-0.25, -0.2) is 4.68 Å². The van der Waals surface area contributed by atoms with Gasteiger partial charge >= 0.3 is 0 Å². The molecule has 2 aromatic rings. The van der Waals surface area contributed by atoms with Crippen LogP contribution in [0.4, 0.5) is 5.69 Å². The topological polar surface area (TPSA) is 64.0 Å². The maximum Gasteiger partial charge on any atom is 0.267 e. The third-order valence-corrected chi connectivity index (χ3v) is 2.68. The highest BCUT2D eigenvalue weighted by Gasteiger charge is 2.05. The highest BCUT2D eigenvalue weighted by Crippen LogP contribution is 2.15. The summed E-state index contributed by atoms with van der Waals surface area (Å²) in [5.74, 6) is -0.297. The lowest BCUT2D eigenvalue weighted by Crippen LogP contribution is -2.28. The van der Waals surface area contributed by atoms with Crippen LogP contribution in [-0.2, 0) is 11.3 Å². The Labute approximate surface area is 112 Å². The van der Waals surface area contributed by atoms with Gasteiger partial charge in [-0.2, -0.15) is 5.10 Å². The summed E-state index contributed by atoms with van der Waals surface area (Å²) >= 11 is 3.31. The van der Waals surface area contributed by atoms with Crippen molar-refractivity contribution in [3.05, 3.63) is 57.4 Å². The fraction of sp³-hybridized carbons (Fsp3) is 0.0833. The Morgan fingerprint density at radius 3 is 2.89 bits per heavy atom. The largest absolute Gasteiger partial charge is 0.324 e. The van der Waals surface area contributed by atoms with E-state index in [9.17, 15) is 9.59 Å². The van der Waals surface area contributed by atoms with Gasteiger partial charge in [-0.1, -0.05) is 22.0 Å². The molecule has 0 atom stereocenters. The van der Waals surface area contributed by atoms with Crippen molar-refractivity contribution in [2.45, 2.75) is 6.54 Å². The molecular weight excluding hydrogens is 298 g/mol. The van der Waals surface area contributed by atoms with E-state index in [2.05, 4.69) is 26.3 Å². The molecule has 92 valence electrons. The molecule has 1 N–H and O–H groups in total. The summed E-state index contributed by atoms with van der Waals surface area (Å²) in [6.07, 6.45) is 1.47. The number of aromatic nitrogens is 2. The molecule has 0 aliphatic heterocycles. The lowest BCUT2D eigenvalue weighted by molar-refractivity contribution is -0.117. The molecule has 0 aliphatic carbocycles. The van der Waals surface area contributed by atoms with E-state index in [1.54, 1.807) is 12.1 Å². The van der Waals surface area contributed by atoms with Crippen molar-refractivity contribution in [1.29, 1.82) is 0 Å². The number of halogens is 1. The minimum atomic E-state index is -0.304. The molecule has 0 saturated heterocycles. The second kappa shape index (κ2) is 5.59. The number of carbonyl (C=O) groups is 1. The van der Waals surface area contributed by atoms with E-state index in [4.69, 9.17) is 0 Å². The molecule has 1 heterocycles. The Morgan fingerprint density at radius 1 is 1.33 bits per heavy atom. The van der Waals surface area contributed by atoms with Gasteiger partial charge in [0.25, 0.3) is 5.56 Å². The first-order valence-corrected chi connectivity index (χ1v) is 6.02. The Morgan fingerprint density at radius 2 is 2.17 bits per heavy atom. The summed E-state index contributed by atoms with van der Waals surface area (Å²) in [6, 6.07) is 10.1. The number of nitrogens with one attached hydrogen (secondary N) is 1. The zero-order valence-corrected chi connectivity index (χ0v) is 10.9. The third-order valence-electron chi connectivity index (χ3n) is 2.19. The van der Waals surface area contributed by atoms with Gasteiger partial charge in [0, 0.05) is 22.4 Å². The van der Waals surface area contributed by atoms with Crippen molar-refractivity contribution in [3.8, 4) is 0 Å². The SMILES string of the molecule is O=C(Cn1ncccc1=O)Nc1cccc(Br)c1. The van der Waals surface area contributed by atoms with E-state index in [1.807, 2.05) is 12.1 Å². The molecule has 5 nitrogen and oxygen atoms in total. The minimum absolute atomic E-state index is 0.105. The summed E-state index contributed by atoms with van der Waals surface area (Å²) < 4.78 is 1.98. The summed E-state index contributed by atoms with van der Waals surface area (Å²) in [5.41, 5.74) is 0.361. The van der Waals surface area contributed by atoms with Crippen molar-refractivity contribution >= 4 is 27.5 Å². The number of carbonyl (C=O) groups excluding carboxylic acids is 1. The molecule has 0 fully saturated rings. The predicted molar refractivity (Wildman–Crippen MR) is 71.3 cm³/mol. The van der Waals surface area contributed by atoms with Crippen LogP contribution in [0.3, 0.4) is 0 Å². The molecule has 1 aromatic carbocycles. The lowest BCUT2D eigenvalue weighted by atomic mass is 10.3. The van der Waals surface area contributed by atoms with Crippen LogP contribution in [-0.4, -0.2) is 15.7 Å². The quantitative estimate of drug-likeness (QED) is 0.937. The zero-order chi connectivity index (χ0) is 13.0. The number of rotatable bonds is 3. The van der Waals surface area contributed by atoms with Crippen LogP contribution in [0, 0.1) is 0 Å². The molecular formula is C12H10BrN3O2. The van der Waals surface area contributed by atoms with Crippen molar-refractivity contribution in [2.24, 2.45) is 0 Å². The number of benzene rings is 1. The fourth-order valence-electron chi connectivity index (χ4n) is 1.41. The summed E-state index contributed by atoms with van der Waals surface area (Å²) in [7, 11) is 0. The van der Waals surface area contributed by atoms with E-state index in [1.165, 1.54) is 18.3 Å². The van der Waals surface area contributed by atoms with Gasteiger partial charge in [-0.15, -0.1) is 0 Å². The van der Waals surface area contributed by atoms with Crippen LogP contribution in [0.5, 0.6) is 0 Å². The average molecular weight is 308 g/mol. The van der Waals surface area contributed by atoms with Gasteiger partial charge in [-0.05, 0) is 24.3 Å². The lowest BCUT2D eigenvalue weighted by Gasteiger charge is -2.06. The second-order valence-corrected chi connectivity index (χ2v) is 4.49. The second-order valence-electron chi connectivity index (χ2n) is 3.58. The predicted octanol–water partition coefficient (Wildman–Crippen LogP) is 1.64. The maximum absolute atomic E-state index is 11.7.